The molecule has 1 fully saturated rings. The number of benzene rings is 5. The lowest BCUT2D eigenvalue weighted by molar-refractivity contribution is -0.302. The molecule has 8 nitrogen and oxygen atoms in total. The standard InChI is InChI=1S/C42H40ClN3O5S/c43-35-24-14-13-23-34(35)40-44-45-42(52)46(40)37-39(49-27-32-19-9-3-10-20-32)38(48-26-31-17-7-2-8-18-31)36(29-47-25-30-15-5-1-6-16-30)51-41(37)50-28-33-21-11-4-12-22-33/h1-24,36-39,41H,25-29H2,(H,45,52)/t36-,37-,38-,39-,41-/m1/s1. The molecule has 1 aliphatic rings. The molecule has 1 aromatic heterocycles. The number of ether oxygens (including phenoxy) is 5. The first-order chi connectivity index (χ1) is 25.6. The third kappa shape index (κ3) is 8.94. The first-order valence-electron chi connectivity index (χ1n) is 17.3. The van der Waals surface area contributed by atoms with Crippen LogP contribution in [-0.2, 0) is 50.1 Å². The zero-order valence-corrected chi connectivity index (χ0v) is 30.1. The molecule has 0 unspecified atom stereocenters. The molecule has 5 aromatic carbocycles. The highest BCUT2D eigenvalue weighted by molar-refractivity contribution is 7.71. The van der Waals surface area contributed by atoms with Crippen LogP contribution in [-0.4, -0.2) is 46.0 Å². The summed E-state index contributed by atoms with van der Waals surface area (Å²) in [6, 6.07) is 47.0. The van der Waals surface area contributed by atoms with Crippen molar-refractivity contribution in [1.82, 2.24) is 14.8 Å². The zero-order chi connectivity index (χ0) is 35.5. The Hall–Kier alpha value is -4.45. The van der Waals surface area contributed by atoms with E-state index in [0.717, 1.165) is 22.3 Å². The van der Waals surface area contributed by atoms with Gasteiger partial charge in [0.05, 0.1) is 38.1 Å². The van der Waals surface area contributed by atoms with E-state index in [9.17, 15) is 0 Å². The van der Waals surface area contributed by atoms with E-state index in [2.05, 4.69) is 10.2 Å². The molecule has 0 bridgehead atoms. The van der Waals surface area contributed by atoms with Crippen LogP contribution in [0.5, 0.6) is 0 Å². The Morgan fingerprint density at radius 1 is 0.615 bits per heavy atom. The molecule has 0 saturated carbocycles. The highest BCUT2D eigenvalue weighted by atomic mass is 35.5. The van der Waals surface area contributed by atoms with Crippen LogP contribution in [0.4, 0.5) is 0 Å². The van der Waals surface area contributed by atoms with Gasteiger partial charge in [-0.25, -0.2) is 0 Å². The second-order valence-corrected chi connectivity index (χ2v) is 13.3. The SMILES string of the molecule is S=c1[nH]nc(-c2ccccc2Cl)n1[C@H]1[C@H](OCc2ccccc2)O[C@H](COCc2ccccc2)[C@@H](OCc2ccccc2)[C@@H]1OCc1ccccc1. The van der Waals surface area contributed by atoms with Gasteiger partial charge in [-0.05, 0) is 46.6 Å². The number of nitrogens with one attached hydrogen (secondary N) is 1. The van der Waals surface area contributed by atoms with Crippen molar-refractivity contribution in [2.75, 3.05) is 6.61 Å². The molecule has 0 amide bonds. The van der Waals surface area contributed by atoms with Gasteiger partial charge in [0, 0.05) is 5.56 Å². The maximum absolute atomic E-state index is 6.98. The first kappa shape index (κ1) is 35.9. The van der Waals surface area contributed by atoms with Gasteiger partial charge in [0.1, 0.15) is 24.4 Å². The topological polar surface area (TPSA) is 79.8 Å². The third-order valence-corrected chi connectivity index (χ3v) is 9.57. The zero-order valence-electron chi connectivity index (χ0n) is 28.5. The summed E-state index contributed by atoms with van der Waals surface area (Å²) < 4.78 is 36.1. The Balaban J connectivity index is 1.31. The molecule has 5 atom stereocenters. The van der Waals surface area contributed by atoms with Gasteiger partial charge in [0.25, 0.3) is 0 Å². The quantitative estimate of drug-likeness (QED) is 0.106. The summed E-state index contributed by atoms with van der Waals surface area (Å²) in [6.07, 6.45) is -2.69. The van der Waals surface area contributed by atoms with E-state index >= 15 is 0 Å². The van der Waals surface area contributed by atoms with Crippen LogP contribution in [0.1, 0.15) is 28.3 Å². The lowest BCUT2D eigenvalue weighted by Gasteiger charge is -2.46. The molecule has 1 saturated heterocycles. The van der Waals surface area contributed by atoms with Gasteiger partial charge >= 0.3 is 0 Å². The maximum Gasteiger partial charge on any atom is 0.195 e. The van der Waals surface area contributed by atoms with Crippen LogP contribution in [0.25, 0.3) is 11.4 Å². The molecule has 2 heterocycles. The summed E-state index contributed by atoms with van der Waals surface area (Å²) in [4.78, 5) is 0. The number of hydrogen-bond acceptors (Lipinski definition) is 7. The fourth-order valence-electron chi connectivity index (χ4n) is 6.39. The minimum atomic E-state index is -0.853. The van der Waals surface area contributed by atoms with Crippen molar-refractivity contribution in [1.29, 1.82) is 0 Å². The van der Waals surface area contributed by atoms with Gasteiger partial charge in [-0.3, -0.25) is 9.67 Å². The van der Waals surface area contributed by atoms with Crippen molar-refractivity contribution < 1.29 is 23.7 Å². The molecule has 1 aliphatic heterocycles. The number of hydrogen-bond donors (Lipinski definition) is 1. The van der Waals surface area contributed by atoms with E-state index in [4.69, 9.17) is 47.5 Å². The lowest BCUT2D eigenvalue weighted by atomic mass is 9.95. The molecular weight excluding hydrogens is 694 g/mol. The van der Waals surface area contributed by atoms with Crippen molar-refractivity contribution in [3.63, 3.8) is 0 Å². The molecule has 1 N–H and O–H groups in total. The number of nitrogens with zero attached hydrogens (tertiary/aromatic N) is 2. The van der Waals surface area contributed by atoms with Gasteiger partial charge in [0.15, 0.2) is 16.9 Å². The summed E-state index contributed by atoms with van der Waals surface area (Å²) in [6.45, 7) is 1.55. The van der Waals surface area contributed by atoms with Crippen LogP contribution in [0.15, 0.2) is 146 Å². The van der Waals surface area contributed by atoms with E-state index < -0.39 is 30.6 Å². The van der Waals surface area contributed by atoms with Crippen molar-refractivity contribution in [3.05, 3.63) is 178 Å². The van der Waals surface area contributed by atoms with Gasteiger partial charge in [-0.2, -0.15) is 5.10 Å². The highest BCUT2D eigenvalue weighted by Crippen LogP contribution is 2.39. The predicted molar refractivity (Wildman–Crippen MR) is 203 cm³/mol. The lowest BCUT2D eigenvalue weighted by Crippen LogP contribution is -2.58. The fourth-order valence-corrected chi connectivity index (χ4v) is 6.87. The van der Waals surface area contributed by atoms with Gasteiger partial charge in [-0.1, -0.05) is 145 Å². The van der Waals surface area contributed by atoms with Crippen molar-refractivity contribution in [2.45, 2.75) is 57.1 Å². The summed E-state index contributed by atoms with van der Waals surface area (Å²) in [5.41, 5.74) is 4.78. The van der Waals surface area contributed by atoms with E-state index in [1.165, 1.54) is 0 Å². The van der Waals surface area contributed by atoms with Crippen molar-refractivity contribution in [3.8, 4) is 11.4 Å². The Morgan fingerprint density at radius 3 is 1.65 bits per heavy atom. The van der Waals surface area contributed by atoms with E-state index in [-0.39, 0.29) is 13.2 Å². The monoisotopic (exact) mass is 733 g/mol. The minimum absolute atomic E-state index is 0.228. The maximum atomic E-state index is 6.98. The van der Waals surface area contributed by atoms with Crippen LogP contribution in [0.2, 0.25) is 5.02 Å². The molecule has 0 aliphatic carbocycles. The highest BCUT2D eigenvalue weighted by Gasteiger charge is 2.50. The normalized spacial score (nSPS) is 20.1. The van der Waals surface area contributed by atoms with E-state index in [1.54, 1.807) is 0 Å². The van der Waals surface area contributed by atoms with Gasteiger partial charge < -0.3 is 23.7 Å². The molecule has 266 valence electrons. The van der Waals surface area contributed by atoms with Crippen LogP contribution in [0, 0.1) is 4.77 Å². The Bertz CT molecular complexity index is 2030. The summed E-state index contributed by atoms with van der Waals surface area (Å²) >= 11 is 12.7. The minimum Gasteiger partial charge on any atom is -0.374 e. The number of H-pyrrole nitrogens is 1. The molecular formula is C42H40ClN3O5S. The van der Waals surface area contributed by atoms with Gasteiger partial charge in [-0.15, -0.1) is 0 Å². The van der Waals surface area contributed by atoms with E-state index in [0.29, 0.717) is 41.0 Å². The number of rotatable bonds is 15. The molecule has 52 heavy (non-hydrogen) atoms. The Morgan fingerprint density at radius 2 is 1.10 bits per heavy atom. The molecule has 6 aromatic rings. The second kappa shape index (κ2) is 17.9. The third-order valence-electron chi connectivity index (χ3n) is 8.95. The summed E-state index contributed by atoms with van der Waals surface area (Å²) in [5, 5.41) is 8.22. The number of halogens is 1. The van der Waals surface area contributed by atoms with E-state index in [1.807, 2.05) is 150 Å². The first-order valence-corrected chi connectivity index (χ1v) is 18.1. The molecule has 7 rings (SSSR count). The molecule has 0 spiro atoms. The second-order valence-electron chi connectivity index (χ2n) is 12.6. The smallest absolute Gasteiger partial charge is 0.195 e. The fraction of sp³-hybridized carbons (Fsp3) is 0.238. The molecule has 0 radical (unpaired) electrons. The average molecular weight is 734 g/mol. The number of aromatic nitrogens is 3. The largest absolute Gasteiger partial charge is 0.374 e. The Labute approximate surface area is 313 Å². The molecule has 10 heteroatoms. The summed E-state index contributed by atoms with van der Waals surface area (Å²) in [5.74, 6) is 0.534. The van der Waals surface area contributed by atoms with Crippen LogP contribution >= 0.6 is 23.8 Å². The Kier molecular flexibility index (Phi) is 12.3. The van der Waals surface area contributed by atoms with Crippen molar-refractivity contribution >= 4 is 23.8 Å². The van der Waals surface area contributed by atoms with Crippen LogP contribution in [0.3, 0.4) is 0 Å². The summed E-state index contributed by atoms with van der Waals surface area (Å²) in [7, 11) is 0. The van der Waals surface area contributed by atoms with Crippen LogP contribution < -0.4 is 0 Å². The predicted octanol–water partition coefficient (Wildman–Crippen LogP) is 9.13. The average Bonchev–Trinajstić information content (AvgIpc) is 3.57. The number of aromatic amines is 1. The van der Waals surface area contributed by atoms with Crippen molar-refractivity contribution in [2.24, 2.45) is 0 Å². The van der Waals surface area contributed by atoms with Gasteiger partial charge in [0.2, 0.25) is 0 Å².